The zero-order valence-electron chi connectivity index (χ0n) is 14.8. The molecule has 1 aliphatic heterocycles. The molecule has 136 valence electrons. The van der Waals surface area contributed by atoms with Crippen LogP contribution >= 0.6 is 0 Å². The molecular formula is C18H29NO5. The number of Topliss-reactive ketones (excluding diaryl/α,β-unsaturated/α-hetero) is 1. The third-order valence-corrected chi connectivity index (χ3v) is 5.33. The highest BCUT2D eigenvalue weighted by Crippen LogP contribution is 2.36. The monoisotopic (exact) mass is 339 g/mol. The van der Waals surface area contributed by atoms with E-state index in [0.29, 0.717) is 25.3 Å². The number of ketones is 1. The summed E-state index contributed by atoms with van der Waals surface area (Å²) < 4.78 is 9.81. The third-order valence-electron chi connectivity index (χ3n) is 5.33. The molecule has 0 unspecified atom stereocenters. The summed E-state index contributed by atoms with van der Waals surface area (Å²) in [4.78, 5) is 37.9. The van der Waals surface area contributed by atoms with Crippen molar-refractivity contribution >= 4 is 17.8 Å². The van der Waals surface area contributed by atoms with Gasteiger partial charge in [0.1, 0.15) is 12.2 Å². The Hall–Kier alpha value is -1.59. The molecule has 0 aromatic heterocycles. The summed E-state index contributed by atoms with van der Waals surface area (Å²) in [7, 11) is 1.40. The lowest BCUT2D eigenvalue weighted by Gasteiger charge is -2.43. The molecule has 24 heavy (non-hydrogen) atoms. The summed E-state index contributed by atoms with van der Waals surface area (Å²) >= 11 is 0. The number of rotatable bonds is 5. The molecule has 2 rings (SSSR count). The molecule has 0 bridgehead atoms. The van der Waals surface area contributed by atoms with Gasteiger partial charge in [0.25, 0.3) is 0 Å². The molecule has 2 fully saturated rings. The number of hydrogen-bond acceptors (Lipinski definition) is 5. The van der Waals surface area contributed by atoms with Gasteiger partial charge in [-0.1, -0.05) is 19.3 Å². The van der Waals surface area contributed by atoms with Gasteiger partial charge >= 0.3 is 12.1 Å². The van der Waals surface area contributed by atoms with Crippen molar-refractivity contribution in [3.63, 3.8) is 0 Å². The van der Waals surface area contributed by atoms with Crippen molar-refractivity contribution in [2.75, 3.05) is 20.3 Å². The summed E-state index contributed by atoms with van der Waals surface area (Å²) in [5.41, 5.74) is 0. The Morgan fingerprint density at radius 2 is 1.79 bits per heavy atom. The summed E-state index contributed by atoms with van der Waals surface area (Å²) in [6.07, 6.45) is 6.56. The average molecular weight is 339 g/mol. The third kappa shape index (κ3) is 4.71. The number of hydrogen-bond donors (Lipinski definition) is 0. The van der Waals surface area contributed by atoms with Gasteiger partial charge in [-0.15, -0.1) is 0 Å². The van der Waals surface area contributed by atoms with Crippen molar-refractivity contribution in [1.29, 1.82) is 0 Å². The van der Waals surface area contributed by atoms with Crippen LogP contribution in [0, 0.1) is 11.8 Å². The van der Waals surface area contributed by atoms with Crippen LogP contribution in [0.5, 0.6) is 0 Å². The topological polar surface area (TPSA) is 72.9 Å². The van der Waals surface area contributed by atoms with E-state index in [0.717, 1.165) is 12.8 Å². The number of amides is 1. The number of nitrogens with zero attached hydrogens (tertiary/aromatic N) is 1. The maximum absolute atomic E-state index is 12.4. The molecule has 0 aromatic rings. The smallest absolute Gasteiger partial charge is 0.409 e. The number of carbonyl (C=O) groups excluding carboxylic acids is 3. The fraction of sp³-hybridized carbons (Fsp3) is 0.833. The second-order valence-electron chi connectivity index (χ2n) is 6.80. The minimum absolute atomic E-state index is 0.0441. The Labute approximate surface area is 143 Å². The number of methoxy groups -OCH3 is 1. The van der Waals surface area contributed by atoms with Crippen LogP contribution in [-0.2, 0) is 19.1 Å². The van der Waals surface area contributed by atoms with Crippen LogP contribution in [0.4, 0.5) is 4.79 Å². The number of ether oxygens (including phenoxy) is 2. The Kier molecular flexibility index (Phi) is 7.06. The number of piperidine rings is 1. The highest BCUT2D eigenvalue weighted by Gasteiger charge is 2.39. The van der Waals surface area contributed by atoms with E-state index < -0.39 is 5.97 Å². The SMILES string of the molecule is CCOC(=O)CC(=O)[C@H]1CCN(C(=O)OC)[C@H](C2CCCCC2)C1. The van der Waals surface area contributed by atoms with Crippen LogP contribution in [0.15, 0.2) is 0 Å². The second-order valence-corrected chi connectivity index (χ2v) is 6.80. The van der Waals surface area contributed by atoms with E-state index in [4.69, 9.17) is 9.47 Å². The van der Waals surface area contributed by atoms with Gasteiger partial charge in [-0.05, 0) is 38.5 Å². The summed E-state index contributed by atoms with van der Waals surface area (Å²) in [6, 6.07) is 0.0441. The van der Waals surface area contributed by atoms with Gasteiger partial charge in [0.2, 0.25) is 0 Å². The van der Waals surface area contributed by atoms with Gasteiger partial charge in [0, 0.05) is 18.5 Å². The van der Waals surface area contributed by atoms with Gasteiger partial charge < -0.3 is 14.4 Å². The predicted octanol–water partition coefficient (Wildman–Crippen LogP) is 2.94. The highest BCUT2D eigenvalue weighted by atomic mass is 16.5. The Morgan fingerprint density at radius 1 is 1.08 bits per heavy atom. The van der Waals surface area contributed by atoms with Crippen LogP contribution in [0.2, 0.25) is 0 Å². The van der Waals surface area contributed by atoms with E-state index >= 15 is 0 Å². The van der Waals surface area contributed by atoms with Crippen LogP contribution in [0.25, 0.3) is 0 Å². The van der Waals surface area contributed by atoms with E-state index in [1.54, 1.807) is 11.8 Å². The van der Waals surface area contributed by atoms with Crippen molar-refractivity contribution < 1.29 is 23.9 Å². The minimum atomic E-state index is -0.452. The first-order valence-electron chi connectivity index (χ1n) is 9.09. The fourth-order valence-corrected chi connectivity index (χ4v) is 4.10. The summed E-state index contributed by atoms with van der Waals surface area (Å²) in [5.74, 6) is -0.246. The van der Waals surface area contributed by atoms with Crippen molar-refractivity contribution in [3.8, 4) is 0 Å². The van der Waals surface area contributed by atoms with E-state index in [1.807, 2.05) is 0 Å². The molecule has 1 heterocycles. The standard InChI is InChI=1S/C18H29NO5/c1-3-24-17(21)12-16(20)14-9-10-19(18(22)23-2)15(11-14)13-7-5-4-6-8-13/h13-15H,3-12H2,1-2H3/t14-,15-/m0/s1. The molecule has 6 nitrogen and oxygen atoms in total. The van der Waals surface area contributed by atoms with Gasteiger partial charge in [-0.2, -0.15) is 0 Å². The zero-order chi connectivity index (χ0) is 17.5. The first-order chi connectivity index (χ1) is 11.6. The number of likely N-dealkylation sites (tertiary alicyclic amines) is 1. The van der Waals surface area contributed by atoms with E-state index in [9.17, 15) is 14.4 Å². The van der Waals surface area contributed by atoms with Crippen LogP contribution < -0.4 is 0 Å². The van der Waals surface area contributed by atoms with Crippen molar-refractivity contribution in [3.05, 3.63) is 0 Å². The maximum atomic E-state index is 12.4. The van der Waals surface area contributed by atoms with Crippen LogP contribution in [0.1, 0.15) is 58.3 Å². The van der Waals surface area contributed by atoms with Crippen molar-refractivity contribution in [2.45, 2.75) is 64.3 Å². The van der Waals surface area contributed by atoms with Crippen molar-refractivity contribution in [1.82, 2.24) is 4.90 Å². The molecule has 1 saturated heterocycles. The Balaban J connectivity index is 2.03. The average Bonchev–Trinajstić information content (AvgIpc) is 2.61. The molecule has 0 aromatic carbocycles. The maximum Gasteiger partial charge on any atom is 0.409 e. The summed E-state index contributed by atoms with van der Waals surface area (Å²) in [5, 5.41) is 0. The molecule has 2 atom stereocenters. The molecule has 0 radical (unpaired) electrons. The lowest BCUT2D eigenvalue weighted by Crippen LogP contribution is -2.51. The van der Waals surface area contributed by atoms with Gasteiger partial charge in [-0.25, -0.2) is 4.79 Å². The van der Waals surface area contributed by atoms with E-state index in [1.165, 1.54) is 26.4 Å². The quantitative estimate of drug-likeness (QED) is 0.569. The second kappa shape index (κ2) is 9.04. The molecule has 1 aliphatic carbocycles. The first-order valence-corrected chi connectivity index (χ1v) is 9.09. The molecule has 0 spiro atoms. The van der Waals surface area contributed by atoms with Crippen LogP contribution in [0.3, 0.4) is 0 Å². The zero-order valence-corrected chi connectivity index (χ0v) is 14.8. The molecule has 1 saturated carbocycles. The van der Waals surface area contributed by atoms with Crippen LogP contribution in [-0.4, -0.2) is 49.0 Å². The molecular weight excluding hydrogens is 310 g/mol. The minimum Gasteiger partial charge on any atom is -0.466 e. The molecule has 0 N–H and O–H groups in total. The first kappa shape index (κ1) is 18.7. The van der Waals surface area contributed by atoms with Crippen molar-refractivity contribution in [2.24, 2.45) is 11.8 Å². The Morgan fingerprint density at radius 3 is 2.42 bits per heavy atom. The van der Waals surface area contributed by atoms with E-state index in [2.05, 4.69) is 0 Å². The predicted molar refractivity (Wildman–Crippen MR) is 88.5 cm³/mol. The highest BCUT2D eigenvalue weighted by molar-refractivity contribution is 5.96. The normalized spacial score (nSPS) is 25.2. The molecule has 6 heteroatoms. The number of esters is 1. The fourth-order valence-electron chi connectivity index (χ4n) is 4.10. The molecule has 2 aliphatic rings. The van der Waals surface area contributed by atoms with E-state index in [-0.39, 0.29) is 36.9 Å². The number of carbonyl (C=O) groups is 3. The Bertz CT molecular complexity index is 458. The van der Waals surface area contributed by atoms with Gasteiger partial charge in [-0.3, -0.25) is 9.59 Å². The van der Waals surface area contributed by atoms with Gasteiger partial charge in [0.15, 0.2) is 0 Å². The lowest BCUT2D eigenvalue weighted by atomic mass is 9.76. The summed E-state index contributed by atoms with van der Waals surface area (Å²) in [6.45, 7) is 2.54. The molecule has 1 amide bonds. The van der Waals surface area contributed by atoms with Gasteiger partial charge in [0.05, 0.1) is 13.7 Å². The lowest BCUT2D eigenvalue weighted by molar-refractivity contribution is -0.146. The largest absolute Gasteiger partial charge is 0.466 e.